The summed E-state index contributed by atoms with van der Waals surface area (Å²) < 4.78 is 12.1. The van der Waals surface area contributed by atoms with E-state index in [0.29, 0.717) is 38.9 Å². The van der Waals surface area contributed by atoms with Crippen molar-refractivity contribution in [3.05, 3.63) is 83.2 Å². The van der Waals surface area contributed by atoms with Gasteiger partial charge >= 0.3 is 0 Å². The zero-order valence-electron chi connectivity index (χ0n) is 17.6. The van der Waals surface area contributed by atoms with Gasteiger partial charge in [0.15, 0.2) is 5.16 Å². The Bertz CT molecular complexity index is 1340. The van der Waals surface area contributed by atoms with Crippen molar-refractivity contribution in [1.82, 2.24) is 9.55 Å². The highest BCUT2D eigenvalue weighted by Gasteiger charge is 2.17. The first-order chi connectivity index (χ1) is 15.6. The number of carbonyl (C=O) groups excluding carboxylic acids is 1. The highest BCUT2D eigenvalue weighted by atomic mass is 32.2. The summed E-state index contributed by atoms with van der Waals surface area (Å²) in [5, 5.41) is 3.73. The quantitative estimate of drug-likeness (QED) is 0.339. The molecule has 1 aromatic heterocycles. The van der Waals surface area contributed by atoms with Crippen LogP contribution < -0.4 is 20.3 Å². The van der Waals surface area contributed by atoms with Crippen molar-refractivity contribution in [2.45, 2.75) is 5.16 Å². The third kappa shape index (κ3) is 4.45. The second-order valence-electron chi connectivity index (χ2n) is 6.79. The van der Waals surface area contributed by atoms with Crippen LogP contribution in [0.25, 0.3) is 16.6 Å². The molecule has 0 saturated carbocycles. The number of ether oxygens (including phenoxy) is 2. The van der Waals surface area contributed by atoms with Crippen LogP contribution in [0.5, 0.6) is 11.5 Å². The van der Waals surface area contributed by atoms with Gasteiger partial charge in [-0.05, 0) is 36.4 Å². The van der Waals surface area contributed by atoms with Crippen LogP contribution in [0.1, 0.15) is 0 Å². The Balaban J connectivity index is 1.68. The molecule has 0 fully saturated rings. The number of rotatable bonds is 7. The van der Waals surface area contributed by atoms with E-state index >= 15 is 0 Å². The first kappa shape index (κ1) is 21.5. The Labute approximate surface area is 189 Å². The molecule has 0 aliphatic heterocycles. The molecule has 0 bridgehead atoms. The summed E-state index contributed by atoms with van der Waals surface area (Å²) in [6.07, 6.45) is 0. The van der Waals surface area contributed by atoms with Crippen LogP contribution in [0.15, 0.2) is 82.7 Å². The van der Waals surface area contributed by atoms with Gasteiger partial charge in [0.2, 0.25) is 5.91 Å². The molecular formula is C24H21N3O4S. The van der Waals surface area contributed by atoms with E-state index in [1.165, 1.54) is 16.3 Å². The van der Waals surface area contributed by atoms with Gasteiger partial charge in [-0.1, -0.05) is 42.1 Å². The van der Waals surface area contributed by atoms with Crippen molar-refractivity contribution >= 4 is 34.3 Å². The predicted molar refractivity (Wildman–Crippen MR) is 126 cm³/mol. The van der Waals surface area contributed by atoms with Crippen LogP contribution in [0.4, 0.5) is 5.69 Å². The zero-order valence-corrected chi connectivity index (χ0v) is 18.4. The largest absolute Gasteiger partial charge is 0.497 e. The molecule has 8 heteroatoms. The lowest BCUT2D eigenvalue weighted by Gasteiger charge is -2.15. The number of hydrogen-bond donors (Lipinski definition) is 1. The number of carbonyl (C=O) groups is 1. The lowest BCUT2D eigenvalue weighted by molar-refractivity contribution is -0.113. The van der Waals surface area contributed by atoms with Crippen LogP contribution in [0.2, 0.25) is 0 Å². The fourth-order valence-electron chi connectivity index (χ4n) is 3.26. The fraction of sp³-hybridized carbons (Fsp3) is 0.125. The highest BCUT2D eigenvalue weighted by molar-refractivity contribution is 7.99. The average Bonchev–Trinajstić information content (AvgIpc) is 2.83. The molecule has 0 aliphatic rings. The number of anilines is 1. The van der Waals surface area contributed by atoms with E-state index in [9.17, 15) is 9.59 Å². The third-order valence-electron chi connectivity index (χ3n) is 4.76. The van der Waals surface area contributed by atoms with Crippen molar-refractivity contribution < 1.29 is 14.3 Å². The zero-order chi connectivity index (χ0) is 22.5. The topological polar surface area (TPSA) is 82.5 Å². The molecule has 32 heavy (non-hydrogen) atoms. The maximum Gasteiger partial charge on any atom is 0.266 e. The van der Waals surface area contributed by atoms with E-state index < -0.39 is 0 Å². The van der Waals surface area contributed by atoms with Crippen molar-refractivity contribution in [1.29, 1.82) is 0 Å². The van der Waals surface area contributed by atoms with Crippen LogP contribution in [-0.2, 0) is 4.79 Å². The number of fused-ring (bicyclic) bond motifs is 1. The monoisotopic (exact) mass is 447 g/mol. The molecule has 3 aromatic carbocycles. The van der Waals surface area contributed by atoms with Gasteiger partial charge in [-0.3, -0.25) is 14.2 Å². The smallest absolute Gasteiger partial charge is 0.266 e. The summed E-state index contributed by atoms with van der Waals surface area (Å²) in [5.41, 5.74) is 1.53. The Morgan fingerprint density at radius 3 is 2.59 bits per heavy atom. The maximum absolute atomic E-state index is 13.4. The highest BCUT2D eigenvalue weighted by Crippen LogP contribution is 2.27. The van der Waals surface area contributed by atoms with Crippen LogP contribution >= 0.6 is 11.8 Å². The minimum absolute atomic E-state index is 0.0666. The molecular weight excluding hydrogens is 426 g/mol. The van der Waals surface area contributed by atoms with Gasteiger partial charge in [-0.2, -0.15) is 0 Å². The minimum Gasteiger partial charge on any atom is -0.497 e. The molecule has 162 valence electrons. The number of hydrogen-bond acceptors (Lipinski definition) is 6. The summed E-state index contributed by atoms with van der Waals surface area (Å²) in [5.74, 6) is 1.03. The SMILES string of the molecule is COc1cccc(NC(=O)CSc2nc3ccccc3c(=O)n2-c2ccccc2OC)c1. The second kappa shape index (κ2) is 9.57. The van der Waals surface area contributed by atoms with Gasteiger partial charge in [0.25, 0.3) is 5.56 Å². The Hall–Kier alpha value is -3.78. The average molecular weight is 448 g/mol. The molecule has 1 heterocycles. The first-order valence-electron chi connectivity index (χ1n) is 9.82. The normalized spacial score (nSPS) is 10.7. The van der Waals surface area contributed by atoms with Crippen LogP contribution in [0.3, 0.4) is 0 Å². The van der Waals surface area contributed by atoms with Gasteiger partial charge in [-0.25, -0.2) is 4.98 Å². The second-order valence-corrected chi connectivity index (χ2v) is 7.74. The summed E-state index contributed by atoms with van der Waals surface area (Å²) >= 11 is 1.18. The molecule has 0 atom stereocenters. The van der Waals surface area contributed by atoms with Crippen molar-refractivity contribution in [2.75, 3.05) is 25.3 Å². The lowest BCUT2D eigenvalue weighted by atomic mass is 10.2. The summed E-state index contributed by atoms with van der Waals surface area (Å²) in [6.45, 7) is 0. The Morgan fingerprint density at radius 2 is 1.78 bits per heavy atom. The number of nitrogens with one attached hydrogen (secondary N) is 1. The summed E-state index contributed by atoms with van der Waals surface area (Å²) in [6, 6.07) is 21.5. The standard InChI is InChI=1S/C24H21N3O4S/c1-30-17-9-7-8-16(14-17)25-22(28)15-32-24-26-19-11-4-3-10-18(19)23(29)27(24)20-12-5-6-13-21(20)31-2/h3-14H,15H2,1-2H3,(H,25,28). The first-order valence-corrected chi connectivity index (χ1v) is 10.8. The number of benzene rings is 3. The molecule has 1 amide bonds. The molecule has 4 rings (SSSR count). The van der Waals surface area contributed by atoms with E-state index in [0.717, 1.165) is 0 Å². The molecule has 1 N–H and O–H groups in total. The number of thioether (sulfide) groups is 1. The number of nitrogens with zero attached hydrogens (tertiary/aromatic N) is 2. The van der Waals surface area contributed by atoms with Crippen LogP contribution in [0, 0.1) is 0 Å². The Morgan fingerprint density at radius 1 is 1.00 bits per heavy atom. The number of aromatic nitrogens is 2. The van der Waals surface area contributed by atoms with Gasteiger partial charge in [0, 0.05) is 11.8 Å². The molecule has 7 nitrogen and oxygen atoms in total. The molecule has 0 aliphatic carbocycles. The van der Waals surface area contributed by atoms with Crippen molar-refractivity contribution in [2.24, 2.45) is 0 Å². The lowest BCUT2D eigenvalue weighted by Crippen LogP contribution is -2.23. The van der Waals surface area contributed by atoms with Gasteiger partial charge in [0.05, 0.1) is 36.6 Å². The van der Waals surface area contributed by atoms with Gasteiger partial charge < -0.3 is 14.8 Å². The van der Waals surface area contributed by atoms with Gasteiger partial charge in [0.1, 0.15) is 11.5 Å². The number of methoxy groups -OCH3 is 2. The van der Waals surface area contributed by atoms with Crippen molar-refractivity contribution in [3.8, 4) is 17.2 Å². The van der Waals surface area contributed by atoms with E-state index in [1.54, 1.807) is 68.8 Å². The van der Waals surface area contributed by atoms with E-state index in [-0.39, 0.29) is 17.2 Å². The maximum atomic E-state index is 13.4. The number of amides is 1. The number of para-hydroxylation sites is 3. The summed E-state index contributed by atoms with van der Waals surface area (Å²) in [7, 11) is 3.12. The minimum atomic E-state index is -0.226. The molecule has 0 spiro atoms. The summed E-state index contributed by atoms with van der Waals surface area (Å²) in [4.78, 5) is 30.6. The molecule has 0 radical (unpaired) electrons. The van der Waals surface area contributed by atoms with Crippen LogP contribution in [-0.4, -0.2) is 35.4 Å². The Kier molecular flexibility index (Phi) is 6.42. The van der Waals surface area contributed by atoms with Gasteiger partial charge in [-0.15, -0.1) is 0 Å². The van der Waals surface area contributed by atoms with Crippen molar-refractivity contribution in [3.63, 3.8) is 0 Å². The molecule has 0 saturated heterocycles. The van der Waals surface area contributed by atoms with E-state index in [2.05, 4.69) is 10.3 Å². The fourth-order valence-corrected chi connectivity index (χ4v) is 4.07. The molecule has 0 unspecified atom stereocenters. The third-order valence-corrected chi connectivity index (χ3v) is 5.70. The van der Waals surface area contributed by atoms with E-state index in [4.69, 9.17) is 9.47 Å². The predicted octanol–water partition coefficient (Wildman–Crippen LogP) is 4.13. The van der Waals surface area contributed by atoms with E-state index in [1.807, 2.05) is 18.2 Å². The molecule has 4 aromatic rings.